The van der Waals surface area contributed by atoms with Gasteiger partial charge in [-0.25, -0.2) is 4.79 Å². The van der Waals surface area contributed by atoms with Gasteiger partial charge in [-0.05, 0) is 11.1 Å². The summed E-state index contributed by atoms with van der Waals surface area (Å²) in [5.74, 6) is -0.157. The maximum absolute atomic E-state index is 13.2. The summed E-state index contributed by atoms with van der Waals surface area (Å²) in [4.78, 5) is 13.2. The van der Waals surface area contributed by atoms with E-state index in [4.69, 9.17) is 4.74 Å². The molecule has 0 radical (unpaired) electrons. The molecule has 0 aliphatic carbocycles. The monoisotopic (exact) mass is 432 g/mol. The van der Waals surface area contributed by atoms with Crippen LogP contribution in [0.25, 0.3) is 0 Å². The van der Waals surface area contributed by atoms with Gasteiger partial charge in [-0.2, -0.15) is 0 Å². The first-order valence-electron chi connectivity index (χ1n) is 9.39. The van der Waals surface area contributed by atoms with Crippen LogP contribution in [0.1, 0.15) is 24.0 Å². The van der Waals surface area contributed by atoms with Crippen LogP contribution in [-0.2, 0) is 15.1 Å². The fourth-order valence-corrected chi connectivity index (χ4v) is 4.47. The first-order chi connectivity index (χ1) is 12.5. The number of rotatable bonds is 4. The number of benzene rings is 2. The number of carbonyl (C=O) groups excluding carboxylic acids is 1. The molecule has 2 aromatic rings. The molecular weight excluding hydrogens is 406 g/mol. The van der Waals surface area contributed by atoms with Gasteiger partial charge in [0.2, 0.25) is 5.60 Å². The number of quaternary nitrogens is 1. The molecule has 3 aliphatic rings. The van der Waals surface area contributed by atoms with Crippen molar-refractivity contribution in [3.05, 3.63) is 71.8 Å². The summed E-state index contributed by atoms with van der Waals surface area (Å²) in [6, 6.07) is 18.2. The van der Waals surface area contributed by atoms with Crippen molar-refractivity contribution in [2.45, 2.75) is 24.5 Å². The molecule has 0 saturated carbocycles. The second-order valence-electron chi connectivity index (χ2n) is 7.97. The van der Waals surface area contributed by atoms with Crippen molar-refractivity contribution in [3.8, 4) is 0 Å². The van der Waals surface area contributed by atoms with E-state index in [0.29, 0.717) is 17.0 Å². The molecule has 144 valence electrons. The molecule has 2 aromatic carbocycles. The summed E-state index contributed by atoms with van der Waals surface area (Å²) in [7, 11) is 2.23. The highest BCUT2D eigenvalue weighted by atomic mass is 79.9. The minimum absolute atomic E-state index is 0. The van der Waals surface area contributed by atoms with Gasteiger partial charge < -0.3 is 14.3 Å². The first-order valence-corrected chi connectivity index (χ1v) is 9.39. The fourth-order valence-electron chi connectivity index (χ4n) is 4.47. The third kappa shape index (κ3) is 3.68. The van der Waals surface area contributed by atoms with Crippen LogP contribution < -0.4 is 0 Å². The molecule has 2 bridgehead atoms. The summed E-state index contributed by atoms with van der Waals surface area (Å²) in [5.41, 5.74) is -0.705. The van der Waals surface area contributed by atoms with Crippen LogP contribution in [0.5, 0.6) is 0 Å². The molecule has 0 spiro atoms. The number of fused-ring (bicyclic) bond motifs is 3. The van der Waals surface area contributed by atoms with E-state index in [1.165, 1.54) is 0 Å². The van der Waals surface area contributed by atoms with Crippen LogP contribution in [0, 0.1) is 5.92 Å². The Hall–Kier alpha value is -1.69. The lowest BCUT2D eigenvalue weighted by atomic mass is 9.83. The van der Waals surface area contributed by atoms with Gasteiger partial charge in [0.15, 0.2) is 6.10 Å². The summed E-state index contributed by atoms with van der Waals surface area (Å²) >= 11 is 0. The van der Waals surface area contributed by atoms with E-state index in [1.54, 1.807) is 24.3 Å². The first kappa shape index (κ1) is 20.1. The number of halogens is 1. The summed E-state index contributed by atoms with van der Waals surface area (Å²) < 4.78 is 6.92. The number of carbonyl (C=O) groups is 1. The highest BCUT2D eigenvalue weighted by Crippen LogP contribution is 2.37. The third-order valence-electron chi connectivity index (χ3n) is 6.16. The number of hydrogen-bond donors (Lipinski definition) is 1. The van der Waals surface area contributed by atoms with Crippen molar-refractivity contribution in [1.82, 2.24) is 0 Å². The zero-order valence-corrected chi connectivity index (χ0v) is 17.3. The van der Waals surface area contributed by atoms with Gasteiger partial charge in [0, 0.05) is 18.8 Å². The summed E-state index contributed by atoms with van der Waals surface area (Å²) in [6.07, 6.45) is 2.06. The highest BCUT2D eigenvalue weighted by Gasteiger charge is 2.49. The molecule has 27 heavy (non-hydrogen) atoms. The van der Waals surface area contributed by atoms with Crippen LogP contribution in [0.4, 0.5) is 0 Å². The highest BCUT2D eigenvalue weighted by molar-refractivity contribution is 8.93. The van der Waals surface area contributed by atoms with E-state index in [1.807, 2.05) is 36.4 Å². The molecule has 1 atom stereocenters. The molecule has 3 aliphatic heterocycles. The second kappa shape index (κ2) is 7.74. The lowest BCUT2D eigenvalue weighted by Crippen LogP contribution is -2.62. The van der Waals surface area contributed by atoms with Crippen LogP contribution in [0.3, 0.4) is 0 Å². The number of esters is 1. The molecule has 4 nitrogen and oxygen atoms in total. The van der Waals surface area contributed by atoms with Gasteiger partial charge in [0.1, 0.15) is 6.54 Å². The van der Waals surface area contributed by atoms with Crippen molar-refractivity contribution in [2.24, 2.45) is 5.92 Å². The Bertz CT molecular complexity index is 733. The number of hydrogen-bond acceptors (Lipinski definition) is 3. The normalized spacial score (nSPS) is 26.9. The minimum Gasteiger partial charge on any atom is -0.453 e. The fraction of sp³-hybridized carbons (Fsp3) is 0.409. The van der Waals surface area contributed by atoms with Gasteiger partial charge in [0.05, 0.1) is 20.1 Å². The number of piperidine rings is 3. The van der Waals surface area contributed by atoms with Crippen molar-refractivity contribution < 1.29 is 19.1 Å². The van der Waals surface area contributed by atoms with Crippen LogP contribution >= 0.6 is 17.0 Å². The Morgan fingerprint density at radius 3 is 1.93 bits per heavy atom. The van der Waals surface area contributed by atoms with E-state index in [-0.39, 0.29) is 23.1 Å². The van der Waals surface area contributed by atoms with Gasteiger partial charge in [-0.1, -0.05) is 60.7 Å². The smallest absolute Gasteiger partial charge is 0.348 e. The number of likely N-dealkylation sites (N-methyl/N-ethyl adjacent to an activating group) is 1. The van der Waals surface area contributed by atoms with E-state index < -0.39 is 11.6 Å². The zero-order valence-electron chi connectivity index (χ0n) is 15.6. The van der Waals surface area contributed by atoms with E-state index in [2.05, 4.69) is 7.05 Å². The average Bonchev–Trinajstić information content (AvgIpc) is 2.69. The van der Waals surface area contributed by atoms with E-state index >= 15 is 0 Å². The Morgan fingerprint density at radius 1 is 1.00 bits per heavy atom. The minimum atomic E-state index is -1.78. The number of aliphatic hydroxyl groups is 1. The maximum atomic E-state index is 13.2. The molecule has 3 heterocycles. The zero-order chi connectivity index (χ0) is 18.2. The van der Waals surface area contributed by atoms with Crippen molar-refractivity contribution in [2.75, 3.05) is 26.7 Å². The van der Waals surface area contributed by atoms with Crippen LogP contribution in [-0.4, -0.2) is 48.3 Å². The van der Waals surface area contributed by atoms with Gasteiger partial charge in [0.25, 0.3) is 0 Å². The van der Waals surface area contributed by atoms with E-state index in [0.717, 1.165) is 37.0 Å². The maximum Gasteiger partial charge on any atom is 0.348 e. The third-order valence-corrected chi connectivity index (χ3v) is 6.16. The van der Waals surface area contributed by atoms with Crippen LogP contribution in [0.2, 0.25) is 0 Å². The van der Waals surface area contributed by atoms with Crippen molar-refractivity contribution in [1.29, 1.82) is 0 Å². The van der Waals surface area contributed by atoms with Gasteiger partial charge in [-0.15, -0.1) is 17.0 Å². The lowest BCUT2D eigenvalue weighted by Gasteiger charge is -2.50. The van der Waals surface area contributed by atoms with Gasteiger partial charge >= 0.3 is 5.97 Å². The number of nitrogens with zero attached hydrogens (tertiary/aromatic N) is 1. The predicted octanol–water partition coefficient (Wildman–Crippen LogP) is 3.28. The van der Waals surface area contributed by atoms with Crippen molar-refractivity contribution in [3.63, 3.8) is 0 Å². The molecule has 5 heteroatoms. The largest absolute Gasteiger partial charge is 0.453 e. The second-order valence-corrected chi connectivity index (χ2v) is 7.97. The average molecular weight is 433 g/mol. The molecule has 3 fully saturated rings. The SMILES string of the molecule is Br.C[N+]12CCC(CC1)C(OC(=O)C(O)(c1ccccc1)c1ccccc1)C2. The number of ether oxygens (including phenoxy) is 1. The topological polar surface area (TPSA) is 46.5 Å². The molecule has 0 amide bonds. The van der Waals surface area contributed by atoms with Crippen molar-refractivity contribution >= 4 is 23.0 Å². The lowest BCUT2D eigenvalue weighted by molar-refractivity contribution is -0.928. The Kier molecular flexibility index (Phi) is 5.75. The van der Waals surface area contributed by atoms with Crippen LogP contribution in [0.15, 0.2) is 60.7 Å². The van der Waals surface area contributed by atoms with E-state index in [9.17, 15) is 9.90 Å². The predicted molar refractivity (Wildman–Crippen MR) is 110 cm³/mol. The Morgan fingerprint density at radius 2 is 1.48 bits per heavy atom. The molecule has 1 N–H and O–H groups in total. The molecule has 5 rings (SSSR count). The summed E-state index contributed by atoms with van der Waals surface area (Å²) in [5, 5.41) is 11.5. The molecule has 1 unspecified atom stereocenters. The molecule has 0 aromatic heterocycles. The Balaban J connectivity index is 0.00000210. The summed E-state index contributed by atoms with van der Waals surface area (Å²) in [6.45, 7) is 3.15. The molecular formula is C22H27BrNO3+. The molecule has 3 saturated heterocycles. The standard InChI is InChI=1S/C22H26NO3.BrH/c1-23-14-12-17(13-15-23)20(16-23)26-21(24)22(25,18-8-4-2-5-9-18)19-10-6-3-7-11-19;/h2-11,17,20,25H,12-16H2,1H3;1H/q+1;. The quantitative estimate of drug-likeness (QED) is 0.595. The Labute approximate surface area is 171 Å². The van der Waals surface area contributed by atoms with Gasteiger partial charge in [-0.3, -0.25) is 0 Å².